The van der Waals surface area contributed by atoms with E-state index in [0.717, 1.165) is 36.6 Å². The number of methoxy groups -OCH3 is 2. The average molecular weight is 384 g/mol. The Morgan fingerprint density at radius 1 is 1.18 bits per heavy atom. The van der Waals surface area contributed by atoms with Gasteiger partial charge in [0.1, 0.15) is 6.04 Å². The van der Waals surface area contributed by atoms with E-state index >= 15 is 0 Å². The van der Waals surface area contributed by atoms with Gasteiger partial charge in [0.05, 0.1) is 39.8 Å². The predicted octanol–water partition coefficient (Wildman–Crippen LogP) is 1.95. The molecule has 1 aliphatic rings. The van der Waals surface area contributed by atoms with Crippen LogP contribution in [0.3, 0.4) is 0 Å². The first-order valence-electron chi connectivity index (χ1n) is 10.00. The highest BCUT2D eigenvalue weighted by atomic mass is 16.5. The quantitative estimate of drug-likeness (QED) is 0.769. The molecule has 0 spiro atoms. The van der Waals surface area contributed by atoms with E-state index in [2.05, 4.69) is 31.3 Å². The van der Waals surface area contributed by atoms with Crippen LogP contribution in [0.5, 0.6) is 11.5 Å². The molecule has 2 N–H and O–H groups in total. The molecule has 0 aromatic heterocycles. The van der Waals surface area contributed by atoms with Gasteiger partial charge < -0.3 is 19.7 Å². The summed E-state index contributed by atoms with van der Waals surface area (Å²) in [5.74, 6) is 1.56. The van der Waals surface area contributed by atoms with Crippen LogP contribution in [-0.4, -0.2) is 39.3 Å². The van der Waals surface area contributed by atoms with Crippen LogP contribution in [0.15, 0.2) is 42.5 Å². The molecule has 0 saturated heterocycles. The van der Waals surface area contributed by atoms with E-state index in [1.54, 1.807) is 14.2 Å². The Bertz CT molecular complexity index is 807. The van der Waals surface area contributed by atoms with Crippen molar-refractivity contribution in [1.82, 2.24) is 5.32 Å². The summed E-state index contributed by atoms with van der Waals surface area (Å²) in [6.45, 7) is 6.36. The molecule has 0 radical (unpaired) electrons. The third-order valence-corrected chi connectivity index (χ3v) is 5.69. The maximum Gasteiger partial charge on any atom is 0.224 e. The zero-order valence-electron chi connectivity index (χ0n) is 17.2. The Morgan fingerprint density at radius 2 is 1.86 bits per heavy atom. The molecular weight excluding hydrogens is 352 g/mol. The molecule has 5 heteroatoms. The van der Waals surface area contributed by atoms with Crippen LogP contribution in [0.1, 0.15) is 36.6 Å². The van der Waals surface area contributed by atoms with E-state index in [1.807, 2.05) is 30.3 Å². The number of hydrogen-bond donors (Lipinski definition) is 2. The number of nitrogens with one attached hydrogen (secondary N) is 2. The minimum atomic E-state index is 0.0170. The van der Waals surface area contributed by atoms with Crippen molar-refractivity contribution in [2.75, 3.05) is 27.3 Å². The summed E-state index contributed by atoms with van der Waals surface area (Å²) in [5, 5.41) is 3.24. The maximum absolute atomic E-state index is 12.6. The van der Waals surface area contributed by atoms with Gasteiger partial charge in [-0.1, -0.05) is 30.3 Å². The number of likely N-dealkylation sites (N-methyl/N-ethyl adjacent to an activating group) is 1. The first-order valence-corrected chi connectivity index (χ1v) is 10.00. The Balaban J connectivity index is 1.83. The largest absolute Gasteiger partial charge is 0.493 e. The standard InChI is InChI=1S/C23H30N2O3/c1-5-25-12-11-18-14-20(27-3)21(28-4)15-19(18)23(25)16(2)24-22(26)13-17-9-7-6-8-10-17/h6-10,14-16,23H,5,11-13H2,1-4H3,(H,24,26)/p+1/t16-,23-/m1/s1. The molecule has 0 aliphatic carbocycles. The smallest absolute Gasteiger partial charge is 0.224 e. The molecule has 1 amide bonds. The number of rotatable bonds is 7. The number of carbonyl (C=O) groups excluding carboxylic acids is 1. The van der Waals surface area contributed by atoms with E-state index in [-0.39, 0.29) is 18.0 Å². The minimum Gasteiger partial charge on any atom is -0.493 e. The lowest BCUT2D eigenvalue weighted by molar-refractivity contribution is -0.933. The van der Waals surface area contributed by atoms with Gasteiger partial charge in [-0.2, -0.15) is 0 Å². The van der Waals surface area contributed by atoms with E-state index in [0.29, 0.717) is 6.42 Å². The molecule has 0 fully saturated rings. The van der Waals surface area contributed by atoms with Crippen molar-refractivity contribution in [2.24, 2.45) is 0 Å². The van der Waals surface area contributed by atoms with Gasteiger partial charge in [-0.3, -0.25) is 4.79 Å². The summed E-state index contributed by atoms with van der Waals surface area (Å²) >= 11 is 0. The topological polar surface area (TPSA) is 52.0 Å². The van der Waals surface area contributed by atoms with Crippen LogP contribution in [0.2, 0.25) is 0 Å². The van der Waals surface area contributed by atoms with Crippen molar-refractivity contribution in [3.05, 3.63) is 59.2 Å². The third kappa shape index (κ3) is 4.30. The fourth-order valence-electron chi connectivity index (χ4n) is 4.30. The molecule has 3 rings (SSSR count). The summed E-state index contributed by atoms with van der Waals surface area (Å²) in [7, 11) is 3.33. The van der Waals surface area contributed by atoms with Crippen LogP contribution in [0.4, 0.5) is 0 Å². The molecular formula is C23H31N2O3+. The van der Waals surface area contributed by atoms with Crippen LogP contribution < -0.4 is 19.7 Å². The molecule has 0 saturated carbocycles. The van der Waals surface area contributed by atoms with Crippen molar-refractivity contribution in [3.63, 3.8) is 0 Å². The predicted molar refractivity (Wildman–Crippen MR) is 110 cm³/mol. The normalized spacial score (nSPS) is 19.4. The molecule has 1 unspecified atom stereocenters. The average Bonchev–Trinajstić information content (AvgIpc) is 2.72. The number of amides is 1. The number of hydrogen-bond acceptors (Lipinski definition) is 3. The Labute approximate surface area is 167 Å². The van der Waals surface area contributed by atoms with Gasteiger partial charge in [-0.05, 0) is 37.1 Å². The minimum absolute atomic E-state index is 0.0170. The second-order valence-electron chi connectivity index (χ2n) is 7.41. The highest BCUT2D eigenvalue weighted by Gasteiger charge is 2.36. The molecule has 1 heterocycles. The lowest BCUT2D eigenvalue weighted by Gasteiger charge is -2.37. The molecule has 5 nitrogen and oxygen atoms in total. The second kappa shape index (κ2) is 9.11. The number of quaternary nitrogens is 1. The van der Waals surface area contributed by atoms with Crippen LogP contribution in [-0.2, 0) is 17.6 Å². The number of fused-ring (bicyclic) bond motifs is 1. The molecule has 2 aromatic carbocycles. The van der Waals surface area contributed by atoms with E-state index in [4.69, 9.17) is 9.47 Å². The molecule has 3 atom stereocenters. The van der Waals surface area contributed by atoms with Crippen LogP contribution in [0.25, 0.3) is 0 Å². The van der Waals surface area contributed by atoms with Crippen molar-refractivity contribution in [1.29, 1.82) is 0 Å². The Morgan fingerprint density at radius 3 is 2.50 bits per heavy atom. The lowest BCUT2D eigenvalue weighted by Crippen LogP contribution is -3.14. The molecule has 150 valence electrons. The van der Waals surface area contributed by atoms with Crippen molar-refractivity contribution >= 4 is 5.91 Å². The van der Waals surface area contributed by atoms with E-state index < -0.39 is 0 Å². The van der Waals surface area contributed by atoms with Crippen LogP contribution in [0, 0.1) is 0 Å². The fraction of sp³-hybridized carbons (Fsp3) is 0.435. The van der Waals surface area contributed by atoms with Crippen LogP contribution >= 0.6 is 0 Å². The van der Waals surface area contributed by atoms with Gasteiger partial charge in [-0.15, -0.1) is 0 Å². The number of carbonyl (C=O) groups is 1. The summed E-state index contributed by atoms with van der Waals surface area (Å²) in [4.78, 5) is 14.1. The summed E-state index contributed by atoms with van der Waals surface area (Å²) in [6.07, 6.45) is 1.40. The summed E-state index contributed by atoms with van der Waals surface area (Å²) in [5.41, 5.74) is 3.56. The van der Waals surface area contributed by atoms with Crippen molar-refractivity contribution in [2.45, 2.75) is 38.8 Å². The fourth-order valence-corrected chi connectivity index (χ4v) is 4.30. The maximum atomic E-state index is 12.6. The number of benzene rings is 2. The van der Waals surface area contributed by atoms with Crippen molar-refractivity contribution in [3.8, 4) is 11.5 Å². The highest BCUT2D eigenvalue weighted by Crippen LogP contribution is 2.34. The summed E-state index contributed by atoms with van der Waals surface area (Å²) < 4.78 is 11.0. The van der Waals surface area contributed by atoms with Gasteiger partial charge in [0, 0.05) is 12.0 Å². The van der Waals surface area contributed by atoms with Gasteiger partial charge in [0.25, 0.3) is 0 Å². The zero-order chi connectivity index (χ0) is 20.1. The summed E-state index contributed by atoms with van der Waals surface area (Å²) in [6, 6.07) is 14.3. The monoisotopic (exact) mass is 383 g/mol. The molecule has 1 aliphatic heterocycles. The van der Waals surface area contributed by atoms with Gasteiger partial charge in [0.15, 0.2) is 11.5 Å². The van der Waals surface area contributed by atoms with Gasteiger partial charge in [0.2, 0.25) is 5.91 Å². The molecule has 28 heavy (non-hydrogen) atoms. The molecule has 2 aromatic rings. The Kier molecular flexibility index (Phi) is 6.57. The number of ether oxygens (including phenoxy) is 2. The lowest BCUT2D eigenvalue weighted by atomic mass is 9.88. The van der Waals surface area contributed by atoms with Gasteiger partial charge in [-0.25, -0.2) is 0 Å². The second-order valence-corrected chi connectivity index (χ2v) is 7.41. The van der Waals surface area contributed by atoms with E-state index in [1.165, 1.54) is 16.0 Å². The van der Waals surface area contributed by atoms with E-state index in [9.17, 15) is 4.79 Å². The SMILES string of the molecule is CC[NH+]1CCc2cc(OC)c(OC)cc2[C@H]1[C@@H](C)NC(=O)Cc1ccccc1. The highest BCUT2D eigenvalue weighted by molar-refractivity contribution is 5.78. The Hall–Kier alpha value is -2.53. The third-order valence-electron chi connectivity index (χ3n) is 5.69. The zero-order valence-corrected chi connectivity index (χ0v) is 17.2. The molecule has 0 bridgehead atoms. The first kappa shape index (κ1) is 20.2. The van der Waals surface area contributed by atoms with Crippen molar-refractivity contribution < 1.29 is 19.2 Å². The van der Waals surface area contributed by atoms with Gasteiger partial charge >= 0.3 is 0 Å². The first-order chi connectivity index (χ1) is 13.6.